The highest BCUT2D eigenvalue weighted by Gasteiger charge is 2.58. The number of alkyl halides is 2. The Kier molecular flexibility index (Phi) is 9.27. The summed E-state index contributed by atoms with van der Waals surface area (Å²) >= 11 is 11.4. The predicted octanol–water partition coefficient (Wildman–Crippen LogP) is 2.09. The Labute approximate surface area is 219 Å². The van der Waals surface area contributed by atoms with Crippen LogP contribution in [0.25, 0.3) is 0 Å². The van der Waals surface area contributed by atoms with Crippen LogP contribution < -0.4 is 20.9 Å². The molecule has 0 bridgehead atoms. The van der Waals surface area contributed by atoms with Crippen LogP contribution in [0, 0.1) is 5.82 Å². The third-order valence-corrected chi connectivity index (χ3v) is 7.90. The third kappa shape index (κ3) is 7.02. The minimum absolute atomic E-state index is 0.293. The molecule has 1 aromatic carbocycles. The highest BCUT2D eigenvalue weighted by molar-refractivity contribution is 8.09. The average Bonchev–Trinajstić information content (AvgIpc) is 3.03. The summed E-state index contributed by atoms with van der Waals surface area (Å²) in [5.41, 5.74) is -2.54. The largest absolute Gasteiger partial charge is 0.462 e. The smallest absolute Gasteiger partial charge is 0.330 e. The number of aromatic nitrogens is 2. The molecule has 0 aliphatic carbocycles. The minimum Gasteiger partial charge on any atom is -0.462 e. The number of para-hydroxylation sites is 1. The fraction of sp³-hybridized carbons (Fsp3) is 0.476. The Morgan fingerprint density at radius 1 is 1.35 bits per heavy atom. The van der Waals surface area contributed by atoms with Gasteiger partial charge in [-0.1, -0.05) is 29.8 Å². The molecular formula is C21H25ClF2N3O8PS. The van der Waals surface area contributed by atoms with Crippen LogP contribution in [0.2, 0.25) is 0 Å². The number of rotatable bonds is 10. The molecule has 11 nitrogen and oxygen atoms in total. The van der Waals surface area contributed by atoms with Gasteiger partial charge >= 0.3 is 18.3 Å². The van der Waals surface area contributed by atoms with Crippen molar-refractivity contribution in [2.24, 2.45) is 0 Å². The molecule has 0 unspecified atom stereocenters. The van der Waals surface area contributed by atoms with Gasteiger partial charge in [-0.15, -0.1) is 0 Å². The van der Waals surface area contributed by atoms with Crippen molar-refractivity contribution in [3.8, 4) is 5.75 Å². The van der Waals surface area contributed by atoms with Crippen molar-refractivity contribution in [2.45, 2.75) is 56.5 Å². The summed E-state index contributed by atoms with van der Waals surface area (Å²) in [6, 6.07) is 7.28. The Morgan fingerprint density at radius 3 is 2.62 bits per heavy atom. The van der Waals surface area contributed by atoms with Gasteiger partial charge in [0.05, 0.1) is 18.9 Å². The Hall–Kier alpha value is -2.19. The third-order valence-electron chi connectivity index (χ3n) is 4.99. The number of aliphatic hydroxyl groups excluding tert-OH is 1. The van der Waals surface area contributed by atoms with Crippen LogP contribution in [0.1, 0.15) is 27.0 Å². The number of halogens is 3. The number of carbonyl (C=O) groups is 1. The Balaban J connectivity index is 1.82. The van der Waals surface area contributed by atoms with Crippen LogP contribution in [0.15, 0.2) is 46.1 Å². The summed E-state index contributed by atoms with van der Waals surface area (Å²) in [6.07, 6.45) is -5.62. The molecule has 3 N–H and O–H groups in total. The van der Waals surface area contributed by atoms with E-state index in [1.165, 1.54) is 6.92 Å². The first-order valence-corrected chi connectivity index (χ1v) is 13.9. The number of aliphatic hydroxyl groups is 1. The molecule has 2 aromatic rings. The molecule has 0 saturated carbocycles. The van der Waals surface area contributed by atoms with Crippen molar-refractivity contribution in [1.82, 2.24) is 14.6 Å². The van der Waals surface area contributed by atoms with Gasteiger partial charge < -0.3 is 23.6 Å². The first-order chi connectivity index (χ1) is 17.2. The van der Waals surface area contributed by atoms with Crippen molar-refractivity contribution >= 4 is 36.0 Å². The van der Waals surface area contributed by atoms with Crippen LogP contribution in [0.5, 0.6) is 5.75 Å². The van der Waals surface area contributed by atoms with E-state index in [0.717, 1.165) is 0 Å². The maximum atomic E-state index is 15.3. The van der Waals surface area contributed by atoms with Crippen molar-refractivity contribution in [1.29, 1.82) is 0 Å². The van der Waals surface area contributed by atoms with Gasteiger partial charge in [-0.25, -0.2) is 14.3 Å². The molecule has 204 valence electrons. The number of aromatic amines is 1. The second kappa shape index (κ2) is 11.7. The maximum absolute atomic E-state index is 15.3. The zero-order valence-electron chi connectivity index (χ0n) is 19.8. The summed E-state index contributed by atoms with van der Waals surface area (Å²) in [4.78, 5) is 37.4. The van der Waals surface area contributed by atoms with Gasteiger partial charge in [0.25, 0.3) is 10.7 Å². The van der Waals surface area contributed by atoms with Gasteiger partial charge in [0.2, 0.25) is 5.82 Å². The first-order valence-electron chi connectivity index (χ1n) is 10.9. The quantitative estimate of drug-likeness (QED) is 0.216. The maximum Gasteiger partial charge on any atom is 0.330 e. The fourth-order valence-corrected chi connectivity index (χ4v) is 5.96. The van der Waals surface area contributed by atoms with Gasteiger partial charge in [0, 0.05) is 0 Å². The van der Waals surface area contributed by atoms with Gasteiger partial charge in [-0.3, -0.25) is 19.1 Å². The standard InChI is InChI=1S/C21H25ClF2N3O8PS/c1-11(2)33-18(30)12(3)26-36(37,35-13-7-5-4-6-8-13)32-10-15-16(28)21(22,24)19(34-15)27-9-14(23)17(29)25-20(27)31/h4-9,11-12,15-16,19,28H,10H2,1-3H3,(H,26,37)(H,25,29,31)/t12-,15-,16-,19-,21+,36-/m1/s1. The Bertz CT molecular complexity index is 1280. The Morgan fingerprint density at radius 2 is 2.00 bits per heavy atom. The van der Waals surface area contributed by atoms with Gasteiger partial charge in [-0.05, 0) is 44.7 Å². The molecule has 1 saturated heterocycles. The predicted molar refractivity (Wildman–Crippen MR) is 132 cm³/mol. The molecule has 16 heteroatoms. The summed E-state index contributed by atoms with van der Waals surface area (Å²) < 4.78 is 51.5. The lowest BCUT2D eigenvalue weighted by molar-refractivity contribution is -0.149. The summed E-state index contributed by atoms with van der Waals surface area (Å²) in [5.74, 6) is -1.74. The minimum atomic E-state index is -3.58. The number of esters is 1. The molecule has 2 heterocycles. The van der Waals surface area contributed by atoms with E-state index in [-0.39, 0.29) is 0 Å². The van der Waals surface area contributed by atoms with Crippen LogP contribution in [-0.4, -0.2) is 56.7 Å². The molecule has 1 aromatic heterocycles. The van der Waals surface area contributed by atoms with Crippen molar-refractivity contribution < 1.29 is 37.2 Å². The molecule has 1 aliphatic heterocycles. The van der Waals surface area contributed by atoms with Crippen molar-refractivity contribution in [3.05, 3.63) is 63.2 Å². The van der Waals surface area contributed by atoms with Crippen LogP contribution in [-0.2, 0) is 30.6 Å². The van der Waals surface area contributed by atoms with Crippen LogP contribution in [0.4, 0.5) is 8.78 Å². The number of H-pyrrole nitrogens is 1. The number of hydrogen-bond donors (Lipinski definition) is 3. The van der Waals surface area contributed by atoms with Gasteiger partial charge in [0.1, 0.15) is 24.0 Å². The van der Waals surface area contributed by atoms with Crippen LogP contribution >= 0.6 is 18.2 Å². The number of nitrogens with zero attached hydrogens (tertiary/aromatic N) is 1. The molecule has 6 atom stereocenters. The SMILES string of the molecule is CC(C)OC(=O)[C@@H](C)N[P@@](=S)(OC[C@H]1O[C@@H](n2cc(F)c(=O)[nH]c2=O)[C@](F)(Cl)[C@@H]1O)Oc1ccccc1. The van der Waals surface area contributed by atoms with E-state index in [1.807, 2.05) is 0 Å². The highest BCUT2D eigenvalue weighted by Crippen LogP contribution is 2.48. The van der Waals surface area contributed by atoms with E-state index in [4.69, 9.17) is 41.9 Å². The van der Waals surface area contributed by atoms with Crippen molar-refractivity contribution in [3.63, 3.8) is 0 Å². The second-order valence-electron chi connectivity index (χ2n) is 8.32. The molecule has 3 rings (SSSR count). The van der Waals surface area contributed by atoms with E-state index in [2.05, 4.69) is 5.09 Å². The number of benzene rings is 1. The lowest BCUT2D eigenvalue weighted by Gasteiger charge is -2.28. The van der Waals surface area contributed by atoms with E-state index in [1.54, 1.807) is 49.2 Å². The summed E-state index contributed by atoms with van der Waals surface area (Å²) in [5, 5.41) is 10.1. The molecule has 1 fully saturated rings. The first kappa shape index (κ1) is 29.4. The summed E-state index contributed by atoms with van der Waals surface area (Å²) in [7, 11) is 0. The van der Waals surface area contributed by atoms with Gasteiger partial charge in [0.15, 0.2) is 6.23 Å². The van der Waals surface area contributed by atoms with Crippen LogP contribution in [0.3, 0.4) is 0 Å². The molecule has 0 radical (unpaired) electrons. The molecule has 0 spiro atoms. The summed E-state index contributed by atoms with van der Waals surface area (Å²) in [6.45, 7) is 0.619. The van der Waals surface area contributed by atoms with E-state index in [9.17, 15) is 23.9 Å². The molecule has 0 amide bonds. The molecule has 1 aliphatic rings. The normalized spacial score (nSPS) is 26.0. The lowest BCUT2D eigenvalue weighted by Crippen LogP contribution is -2.42. The lowest BCUT2D eigenvalue weighted by atomic mass is 10.1. The number of carbonyl (C=O) groups excluding carboxylic acids is 1. The zero-order valence-corrected chi connectivity index (χ0v) is 22.3. The number of ether oxygens (including phenoxy) is 2. The van der Waals surface area contributed by atoms with E-state index in [0.29, 0.717) is 16.5 Å². The fourth-order valence-electron chi connectivity index (χ4n) is 3.25. The van der Waals surface area contributed by atoms with E-state index >= 15 is 4.39 Å². The zero-order chi connectivity index (χ0) is 27.5. The number of hydrogen-bond acceptors (Lipinski definition) is 9. The molecule has 37 heavy (non-hydrogen) atoms. The average molecular weight is 584 g/mol. The molecular weight excluding hydrogens is 559 g/mol. The topological polar surface area (TPSA) is 141 Å². The second-order valence-corrected chi connectivity index (χ2v) is 12.0. The van der Waals surface area contributed by atoms with E-state index < -0.39 is 72.0 Å². The monoisotopic (exact) mass is 583 g/mol. The van der Waals surface area contributed by atoms with Crippen molar-refractivity contribution in [2.75, 3.05) is 6.61 Å². The number of nitrogens with one attached hydrogen (secondary N) is 2. The highest BCUT2D eigenvalue weighted by atomic mass is 35.5. The van der Waals surface area contributed by atoms with Gasteiger partial charge in [-0.2, -0.15) is 4.39 Å².